The molecule has 0 aromatic carbocycles. The van der Waals surface area contributed by atoms with Crippen LogP contribution in [-0.2, 0) is 0 Å². The molecule has 1 heterocycles. The largest absolute Gasteiger partial charge is 0.320 e. The molecule has 1 N–H and O–H groups in total. The average Bonchev–Trinajstić information content (AvgIpc) is 2.63. The van der Waals surface area contributed by atoms with Gasteiger partial charge in [-0.3, -0.25) is 4.90 Å². The molecule has 13 heavy (non-hydrogen) atoms. The fourth-order valence-corrected chi connectivity index (χ4v) is 2.65. The lowest BCUT2D eigenvalue weighted by molar-refractivity contribution is 0.343. The molecule has 1 aliphatic rings. The molecule has 0 saturated carbocycles. The van der Waals surface area contributed by atoms with Gasteiger partial charge < -0.3 is 5.32 Å². The summed E-state index contributed by atoms with van der Waals surface area (Å²) in [6, 6.07) is 0. The minimum Gasteiger partial charge on any atom is -0.320 e. The predicted octanol–water partition coefficient (Wildman–Crippen LogP) is 1.77. The number of hydrogen-bond donors (Lipinski definition) is 1. The zero-order valence-corrected chi connectivity index (χ0v) is 9.54. The van der Waals surface area contributed by atoms with Gasteiger partial charge >= 0.3 is 0 Å². The Kier molecular flexibility index (Phi) is 6.68. The van der Waals surface area contributed by atoms with E-state index >= 15 is 0 Å². The van der Waals surface area contributed by atoms with Crippen LogP contribution in [0, 0.1) is 0 Å². The van der Waals surface area contributed by atoms with Gasteiger partial charge in [-0.2, -0.15) is 0 Å². The van der Waals surface area contributed by atoms with Crippen molar-refractivity contribution in [2.45, 2.75) is 25.7 Å². The van der Waals surface area contributed by atoms with Gasteiger partial charge in [-0.25, -0.2) is 0 Å². The zero-order chi connectivity index (χ0) is 9.36. The third-order valence-corrected chi connectivity index (χ3v) is 3.50. The van der Waals surface area contributed by atoms with E-state index in [9.17, 15) is 0 Å². The summed E-state index contributed by atoms with van der Waals surface area (Å²) in [4.78, 5) is 2.57. The van der Waals surface area contributed by atoms with Crippen LogP contribution in [-0.4, -0.2) is 43.2 Å². The second-order valence-electron chi connectivity index (χ2n) is 3.67. The van der Waals surface area contributed by atoms with E-state index in [1.807, 2.05) is 7.05 Å². The summed E-state index contributed by atoms with van der Waals surface area (Å²) in [5.74, 6) is 2.62. The van der Waals surface area contributed by atoms with E-state index in [0.29, 0.717) is 0 Å². The van der Waals surface area contributed by atoms with Gasteiger partial charge in [0.25, 0.3) is 0 Å². The minimum absolute atomic E-state index is 1.18. The molecule has 78 valence electrons. The van der Waals surface area contributed by atoms with Crippen LogP contribution in [0.3, 0.4) is 0 Å². The van der Waals surface area contributed by atoms with Gasteiger partial charge in [-0.15, -0.1) is 11.8 Å². The molecule has 0 aliphatic carbocycles. The van der Waals surface area contributed by atoms with Crippen LogP contribution < -0.4 is 5.32 Å². The van der Waals surface area contributed by atoms with E-state index in [1.54, 1.807) is 0 Å². The third kappa shape index (κ3) is 5.55. The molecule has 0 unspecified atom stereocenters. The molecule has 0 aromatic rings. The van der Waals surface area contributed by atoms with Crippen LogP contribution in [0.5, 0.6) is 0 Å². The van der Waals surface area contributed by atoms with Crippen molar-refractivity contribution in [2.75, 3.05) is 38.3 Å². The highest BCUT2D eigenvalue weighted by Gasteiger charge is 2.10. The zero-order valence-electron chi connectivity index (χ0n) is 8.72. The van der Waals surface area contributed by atoms with Crippen LogP contribution >= 0.6 is 11.8 Å². The second-order valence-corrected chi connectivity index (χ2v) is 4.75. The average molecular weight is 202 g/mol. The smallest absolute Gasteiger partial charge is 0.0445 e. The molecule has 3 heteroatoms. The van der Waals surface area contributed by atoms with Gasteiger partial charge in [-0.1, -0.05) is 12.8 Å². The highest BCUT2D eigenvalue weighted by molar-refractivity contribution is 7.99. The molecule has 0 radical (unpaired) electrons. The normalized spacial score (nSPS) is 18.2. The van der Waals surface area contributed by atoms with Gasteiger partial charge in [0.15, 0.2) is 0 Å². The van der Waals surface area contributed by atoms with E-state index < -0.39 is 0 Å². The van der Waals surface area contributed by atoms with Crippen LogP contribution in [0.25, 0.3) is 0 Å². The topological polar surface area (TPSA) is 15.3 Å². The summed E-state index contributed by atoms with van der Waals surface area (Å²) in [5.41, 5.74) is 0. The molecule has 1 rings (SSSR count). The number of thioether (sulfide) groups is 1. The third-order valence-electron chi connectivity index (χ3n) is 2.48. The Hall–Kier alpha value is 0.270. The van der Waals surface area contributed by atoms with Crippen molar-refractivity contribution < 1.29 is 0 Å². The van der Waals surface area contributed by atoms with E-state index in [0.717, 1.165) is 0 Å². The Bertz CT molecular complexity index is 113. The molecule has 0 bridgehead atoms. The molecular formula is C10H22N2S. The van der Waals surface area contributed by atoms with Crippen molar-refractivity contribution in [1.82, 2.24) is 10.2 Å². The number of rotatable bonds is 7. The van der Waals surface area contributed by atoms with Crippen molar-refractivity contribution in [1.29, 1.82) is 0 Å². The van der Waals surface area contributed by atoms with Crippen molar-refractivity contribution in [3.8, 4) is 0 Å². The Morgan fingerprint density at radius 1 is 1.23 bits per heavy atom. The lowest BCUT2D eigenvalue weighted by Crippen LogP contribution is -2.20. The van der Waals surface area contributed by atoms with Crippen LogP contribution in [0.2, 0.25) is 0 Å². The SMILES string of the molecule is CNCCCCCCN1CCSC1. The lowest BCUT2D eigenvalue weighted by Gasteiger charge is -2.12. The summed E-state index contributed by atoms with van der Waals surface area (Å²) in [7, 11) is 2.03. The van der Waals surface area contributed by atoms with Crippen LogP contribution in [0.1, 0.15) is 25.7 Å². The number of nitrogens with one attached hydrogen (secondary N) is 1. The maximum absolute atomic E-state index is 3.19. The van der Waals surface area contributed by atoms with Crippen molar-refractivity contribution in [3.63, 3.8) is 0 Å². The van der Waals surface area contributed by atoms with Crippen molar-refractivity contribution >= 4 is 11.8 Å². The van der Waals surface area contributed by atoms with E-state index in [-0.39, 0.29) is 0 Å². The van der Waals surface area contributed by atoms with Gasteiger partial charge in [0.2, 0.25) is 0 Å². The van der Waals surface area contributed by atoms with Crippen LogP contribution in [0.4, 0.5) is 0 Å². The minimum atomic E-state index is 1.18. The Morgan fingerprint density at radius 2 is 2.08 bits per heavy atom. The maximum atomic E-state index is 3.19. The van der Waals surface area contributed by atoms with E-state index in [2.05, 4.69) is 22.0 Å². The van der Waals surface area contributed by atoms with Gasteiger partial charge in [-0.05, 0) is 33.0 Å². The molecule has 0 spiro atoms. The first-order valence-corrected chi connectivity index (χ1v) is 6.53. The van der Waals surface area contributed by atoms with Crippen molar-refractivity contribution in [3.05, 3.63) is 0 Å². The first-order chi connectivity index (χ1) is 6.43. The fraction of sp³-hybridized carbons (Fsp3) is 1.00. The highest BCUT2D eigenvalue weighted by atomic mass is 32.2. The summed E-state index contributed by atoms with van der Waals surface area (Å²) in [6.45, 7) is 3.83. The van der Waals surface area contributed by atoms with Crippen molar-refractivity contribution in [2.24, 2.45) is 0 Å². The molecule has 0 amide bonds. The second kappa shape index (κ2) is 7.65. The molecule has 1 fully saturated rings. The lowest BCUT2D eigenvalue weighted by atomic mass is 10.2. The van der Waals surface area contributed by atoms with Gasteiger partial charge in [0.1, 0.15) is 0 Å². The number of hydrogen-bond acceptors (Lipinski definition) is 3. The number of unbranched alkanes of at least 4 members (excludes halogenated alkanes) is 3. The molecule has 2 nitrogen and oxygen atoms in total. The van der Waals surface area contributed by atoms with E-state index in [4.69, 9.17) is 0 Å². The first kappa shape index (κ1) is 11.3. The quantitative estimate of drug-likeness (QED) is 0.634. The molecule has 1 saturated heterocycles. The summed E-state index contributed by atoms with van der Waals surface area (Å²) >= 11 is 2.07. The fourth-order valence-electron chi connectivity index (χ4n) is 1.62. The molecule has 1 aliphatic heterocycles. The molecular weight excluding hydrogens is 180 g/mol. The number of nitrogens with zero attached hydrogens (tertiary/aromatic N) is 1. The first-order valence-electron chi connectivity index (χ1n) is 5.38. The van der Waals surface area contributed by atoms with Gasteiger partial charge in [0, 0.05) is 18.2 Å². The molecule has 0 aromatic heterocycles. The summed E-state index contributed by atoms with van der Waals surface area (Å²) in [6.07, 6.45) is 5.53. The summed E-state index contributed by atoms with van der Waals surface area (Å²) < 4.78 is 0. The predicted molar refractivity (Wildman–Crippen MR) is 61.3 cm³/mol. The molecule has 0 atom stereocenters. The maximum Gasteiger partial charge on any atom is 0.0445 e. The Labute approximate surface area is 86.5 Å². The Balaban J connectivity index is 1.78. The standard InChI is InChI=1S/C10H22N2S/c1-11-6-4-2-3-5-7-12-8-9-13-10-12/h11H,2-10H2,1H3. The summed E-state index contributed by atoms with van der Waals surface area (Å²) in [5, 5.41) is 3.19. The monoisotopic (exact) mass is 202 g/mol. The Morgan fingerprint density at radius 3 is 2.77 bits per heavy atom. The van der Waals surface area contributed by atoms with Gasteiger partial charge in [0.05, 0.1) is 0 Å². The van der Waals surface area contributed by atoms with E-state index in [1.165, 1.54) is 56.9 Å². The van der Waals surface area contributed by atoms with Crippen LogP contribution in [0.15, 0.2) is 0 Å². The highest BCUT2D eigenvalue weighted by Crippen LogP contribution is 2.13.